The van der Waals surface area contributed by atoms with Crippen molar-refractivity contribution >= 4 is 27.5 Å². The van der Waals surface area contributed by atoms with Crippen LogP contribution < -0.4 is 0 Å². The van der Waals surface area contributed by atoms with Gasteiger partial charge in [-0.2, -0.15) is 0 Å². The molecule has 0 aromatic carbocycles. The van der Waals surface area contributed by atoms with E-state index in [1.165, 1.54) is 0 Å². The van der Waals surface area contributed by atoms with E-state index in [4.69, 9.17) is 16.0 Å². The third-order valence-electron chi connectivity index (χ3n) is 1.73. The summed E-state index contributed by atoms with van der Waals surface area (Å²) in [7, 11) is 1.89. The monoisotopic (exact) mass is 260 g/mol. The number of aromatic nitrogens is 2. The van der Waals surface area contributed by atoms with E-state index in [1.807, 2.05) is 11.6 Å². The molecule has 2 aromatic heterocycles. The molecule has 0 fully saturated rings. The fraction of sp³-hybridized carbons (Fsp3) is 0.125. The first-order chi connectivity index (χ1) is 6.18. The van der Waals surface area contributed by atoms with E-state index in [1.54, 1.807) is 18.3 Å². The summed E-state index contributed by atoms with van der Waals surface area (Å²) in [4.78, 5) is 4.16. The topological polar surface area (TPSA) is 31.0 Å². The number of imidazole rings is 1. The normalized spacial score (nSPS) is 10.7. The summed E-state index contributed by atoms with van der Waals surface area (Å²) in [6, 6.07) is 3.48. The van der Waals surface area contributed by atoms with Gasteiger partial charge in [0.1, 0.15) is 4.60 Å². The molecular formula is C8H6BrClN2O. The lowest BCUT2D eigenvalue weighted by atomic mass is 10.4. The van der Waals surface area contributed by atoms with Gasteiger partial charge in [0, 0.05) is 7.05 Å². The lowest BCUT2D eigenvalue weighted by molar-refractivity contribution is 0.575. The van der Waals surface area contributed by atoms with Crippen LogP contribution in [0.4, 0.5) is 0 Å². The van der Waals surface area contributed by atoms with Crippen molar-refractivity contribution in [3.8, 4) is 11.6 Å². The predicted molar refractivity (Wildman–Crippen MR) is 53.6 cm³/mol. The number of furan rings is 1. The number of rotatable bonds is 1. The molecule has 0 aliphatic rings. The van der Waals surface area contributed by atoms with Crippen molar-refractivity contribution in [2.45, 2.75) is 0 Å². The molecule has 3 nitrogen and oxygen atoms in total. The summed E-state index contributed by atoms with van der Waals surface area (Å²) in [5, 5.41) is 0.370. The van der Waals surface area contributed by atoms with Gasteiger partial charge in [0.15, 0.2) is 16.8 Å². The second-order valence-electron chi connectivity index (χ2n) is 2.57. The molecule has 0 unspecified atom stereocenters. The first-order valence-corrected chi connectivity index (χ1v) is 4.78. The largest absolute Gasteiger partial charge is 0.441 e. The van der Waals surface area contributed by atoms with Crippen LogP contribution in [-0.2, 0) is 7.05 Å². The smallest absolute Gasteiger partial charge is 0.194 e. The molecule has 2 heterocycles. The average molecular weight is 262 g/mol. The molecule has 68 valence electrons. The molecule has 2 rings (SSSR count). The molecule has 0 saturated heterocycles. The van der Waals surface area contributed by atoms with Crippen molar-refractivity contribution in [1.82, 2.24) is 9.55 Å². The molecular weight excluding hydrogens is 255 g/mol. The Labute approximate surface area is 88.5 Å². The minimum atomic E-state index is 0.370. The fourth-order valence-electron chi connectivity index (χ4n) is 1.05. The van der Waals surface area contributed by atoms with Gasteiger partial charge in [0.05, 0.1) is 6.20 Å². The first-order valence-electron chi connectivity index (χ1n) is 3.61. The maximum absolute atomic E-state index is 5.65. The molecule has 0 N–H and O–H groups in total. The van der Waals surface area contributed by atoms with Gasteiger partial charge in [-0.1, -0.05) is 0 Å². The summed E-state index contributed by atoms with van der Waals surface area (Å²) < 4.78 is 7.99. The van der Waals surface area contributed by atoms with Crippen LogP contribution >= 0.6 is 27.5 Å². The molecule has 2 aromatic rings. The highest BCUT2D eigenvalue weighted by Gasteiger charge is 2.10. The maximum atomic E-state index is 5.65. The van der Waals surface area contributed by atoms with Crippen LogP contribution in [0.2, 0.25) is 5.22 Å². The Balaban J connectivity index is 2.52. The van der Waals surface area contributed by atoms with E-state index in [0.717, 1.165) is 10.4 Å². The Bertz CT molecular complexity index is 435. The van der Waals surface area contributed by atoms with Gasteiger partial charge in [-0.15, -0.1) is 0 Å². The van der Waals surface area contributed by atoms with Crippen molar-refractivity contribution in [2.24, 2.45) is 7.05 Å². The highest BCUT2D eigenvalue weighted by atomic mass is 79.9. The Morgan fingerprint density at radius 1 is 1.54 bits per heavy atom. The molecule has 0 amide bonds. The van der Waals surface area contributed by atoms with Gasteiger partial charge >= 0.3 is 0 Å². The van der Waals surface area contributed by atoms with Gasteiger partial charge < -0.3 is 8.98 Å². The quantitative estimate of drug-likeness (QED) is 0.790. The van der Waals surface area contributed by atoms with Crippen molar-refractivity contribution in [3.63, 3.8) is 0 Å². The molecule has 0 bridgehead atoms. The van der Waals surface area contributed by atoms with Crippen molar-refractivity contribution in [2.75, 3.05) is 0 Å². The lowest BCUT2D eigenvalue weighted by Crippen LogP contribution is -1.90. The Morgan fingerprint density at radius 3 is 2.77 bits per heavy atom. The number of nitrogens with zero attached hydrogens (tertiary/aromatic N) is 2. The van der Waals surface area contributed by atoms with Crippen LogP contribution in [0.1, 0.15) is 0 Å². The lowest BCUT2D eigenvalue weighted by Gasteiger charge is -1.97. The van der Waals surface area contributed by atoms with E-state index in [9.17, 15) is 0 Å². The van der Waals surface area contributed by atoms with Crippen LogP contribution in [0.25, 0.3) is 11.6 Å². The zero-order valence-corrected chi connectivity index (χ0v) is 9.13. The standard InChI is InChI=1S/C8H6BrClN2O/c1-12-6(9)4-11-8(12)5-2-3-7(10)13-5/h2-4H,1H3. The highest BCUT2D eigenvalue weighted by Crippen LogP contribution is 2.25. The second kappa shape index (κ2) is 3.20. The van der Waals surface area contributed by atoms with Crippen LogP contribution in [0.15, 0.2) is 27.3 Å². The van der Waals surface area contributed by atoms with Gasteiger partial charge in [-0.3, -0.25) is 0 Å². The van der Waals surface area contributed by atoms with Crippen LogP contribution in [0.3, 0.4) is 0 Å². The summed E-state index contributed by atoms with van der Waals surface area (Å²) in [5.74, 6) is 1.41. The van der Waals surface area contributed by atoms with Gasteiger partial charge in [0.2, 0.25) is 0 Å². The van der Waals surface area contributed by atoms with Crippen LogP contribution in [0.5, 0.6) is 0 Å². The Morgan fingerprint density at radius 2 is 2.31 bits per heavy atom. The molecule has 0 atom stereocenters. The molecule has 0 aliphatic carbocycles. The predicted octanol–water partition coefficient (Wildman–Crippen LogP) is 3.10. The molecule has 0 saturated carbocycles. The van der Waals surface area contributed by atoms with E-state index in [2.05, 4.69) is 20.9 Å². The molecule has 0 spiro atoms. The van der Waals surface area contributed by atoms with Crippen LogP contribution in [0, 0.1) is 0 Å². The van der Waals surface area contributed by atoms with Crippen molar-refractivity contribution < 1.29 is 4.42 Å². The number of halogens is 2. The van der Waals surface area contributed by atoms with Crippen molar-refractivity contribution in [3.05, 3.63) is 28.2 Å². The fourth-order valence-corrected chi connectivity index (χ4v) is 1.47. The second-order valence-corrected chi connectivity index (χ2v) is 3.75. The maximum Gasteiger partial charge on any atom is 0.194 e. The van der Waals surface area contributed by atoms with E-state index in [0.29, 0.717) is 11.0 Å². The van der Waals surface area contributed by atoms with Crippen LogP contribution in [-0.4, -0.2) is 9.55 Å². The zero-order valence-electron chi connectivity index (χ0n) is 6.79. The van der Waals surface area contributed by atoms with E-state index < -0.39 is 0 Å². The third-order valence-corrected chi connectivity index (χ3v) is 2.66. The number of hydrogen-bond donors (Lipinski definition) is 0. The van der Waals surface area contributed by atoms with E-state index >= 15 is 0 Å². The van der Waals surface area contributed by atoms with Gasteiger partial charge in [0.25, 0.3) is 0 Å². The minimum absolute atomic E-state index is 0.370. The first kappa shape index (κ1) is 8.84. The molecule has 0 aliphatic heterocycles. The van der Waals surface area contributed by atoms with Crippen molar-refractivity contribution in [1.29, 1.82) is 0 Å². The molecule has 0 radical (unpaired) electrons. The summed E-state index contributed by atoms with van der Waals surface area (Å²) in [6.07, 6.45) is 1.71. The molecule has 5 heteroatoms. The Kier molecular flexibility index (Phi) is 2.17. The van der Waals surface area contributed by atoms with Gasteiger partial charge in [-0.25, -0.2) is 4.98 Å². The summed E-state index contributed by atoms with van der Waals surface area (Å²) >= 11 is 9.00. The van der Waals surface area contributed by atoms with E-state index in [-0.39, 0.29) is 0 Å². The minimum Gasteiger partial charge on any atom is -0.441 e. The SMILES string of the molecule is Cn1c(Br)cnc1-c1ccc(Cl)o1. The Hall–Kier alpha value is -0.740. The van der Waals surface area contributed by atoms with Gasteiger partial charge in [-0.05, 0) is 39.7 Å². The average Bonchev–Trinajstić information content (AvgIpc) is 2.62. The zero-order chi connectivity index (χ0) is 9.42. The third kappa shape index (κ3) is 1.51. The number of hydrogen-bond acceptors (Lipinski definition) is 2. The summed E-state index contributed by atoms with van der Waals surface area (Å²) in [6.45, 7) is 0. The molecule has 13 heavy (non-hydrogen) atoms. The highest BCUT2D eigenvalue weighted by molar-refractivity contribution is 9.10. The summed E-state index contributed by atoms with van der Waals surface area (Å²) in [5.41, 5.74) is 0.